The fraction of sp³-hybridized carbons (Fsp3) is 0.417. The maximum Gasteiger partial charge on any atom is 0.305 e. The third-order valence-electron chi connectivity index (χ3n) is 2.86. The number of anilines is 1. The molecule has 0 aliphatic carbocycles. The van der Waals surface area contributed by atoms with Crippen LogP contribution in [0.4, 0.5) is 5.69 Å². The monoisotopic (exact) mass is 205 g/mol. The standard InChI is InChI=1S/C12H15NO2/c1-15-12(14)7-6-9-8-13-11-5-3-2-4-10(9)11/h2-5,9,13H,6-8H2,1H3/t9-/m1/s1. The Bertz CT molecular complexity index is 362. The second-order valence-electron chi connectivity index (χ2n) is 3.78. The molecule has 0 saturated carbocycles. The van der Waals surface area contributed by atoms with Crippen LogP contribution in [-0.4, -0.2) is 19.6 Å². The van der Waals surface area contributed by atoms with E-state index in [1.165, 1.54) is 18.4 Å². The van der Waals surface area contributed by atoms with Crippen LogP contribution in [0.3, 0.4) is 0 Å². The number of methoxy groups -OCH3 is 1. The fourth-order valence-electron chi connectivity index (χ4n) is 2.01. The van der Waals surface area contributed by atoms with E-state index in [4.69, 9.17) is 0 Å². The van der Waals surface area contributed by atoms with Crippen molar-refractivity contribution in [3.8, 4) is 0 Å². The van der Waals surface area contributed by atoms with E-state index in [-0.39, 0.29) is 5.97 Å². The molecule has 80 valence electrons. The van der Waals surface area contributed by atoms with Gasteiger partial charge in [-0.3, -0.25) is 4.79 Å². The average Bonchev–Trinajstić information content (AvgIpc) is 2.69. The molecule has 1 heterocycles. The molecular formula is C12H15NO2. The normalized spacial score (nSPS) is 18.1. The van der Waals surface area contributed by atoms with Crippen LogP contribution in [0.2, 0.25) is 0 Å². The quantitative estimate of drug-likeness (QED) is 0.768. The first-order valence-corrected chi connectivity index (χ1v) is 5.21. The first-order valence-electron chi connectivity index (χ1n) is 5.21. The van der Waals surface area contributed by atoms with E-state index in [0.29, 0.717) is 12.3 Å². The summed E-state index contributed by atoms with van der Waals surface area (Å²) in [7, 11) is 1.43. The first-order chi connectivity index (χ1) is 7.31. The van der Waals surface area contributed by atoms with E-state index in [2.05, 4.69) is 22.2 Å². The van der Waals surface area contributed by atoms with Gasteiger partial charge in [-0.25, -0.2) is 0 Å². The van der Waals surface area contributed by atoms with Crippen molar-refractivity contribution < 1.29 is 9.53 Å². The van der Waals surface area contributed by atoms with Gasteiger partial charge in [0.1, 0.15) is 0 Å². The van der Waals surface area contributed by atoms with Crippen LogP contribution >= 0.6 is 0 Å². The van der Waals surface area contributed by atoms with Gasteiger partial charge < -0.3 is 10.1 Å². The Morgan fingerprint density at radius 3 is 3.13 bits per heavy atom. The van der Waals surface area contributed by atoms with E-state index in [1.54, 1.807) is 0 Å². The third-order valence-corrected chi connectivity index (χ3v) is 2.86. The summed E-state index contributed by atoms with van der Waals surface area (Å²) in [4.78, 5) is 11.0. The number of hydrogen-bond donors (Lipinski definition) is 1. The lowest BCUT2D eigenvalue weighted by atomic mass is 9.96. The molecule has 1 N–H and O–H groups in total. The lowest BCUT2D eigenvalue weighted by molar-refractivity contribution is -0.140. The van der Waals surface area contributed by atoms with Crippen molar-refractivity contribution in [3.05, 3.63) is 29.8 Å². The van der Waals surface area contributed by atoms with Crippen molar-refractivity contribution in [3.63, 3.8) is 0 Å². The second-order valence-corrected chi connectivity index (χ2v) is 3.78. The van der Waals surface area contributed by atoms with Gasteiger partial charge in [0.2, 0.25) is 0 Å². The molecule has 0 amide bonds. The number of carbonyl (C=O) groups is 1. The summed E-state index contributed by atoms with van der Waals surface area (Å²) in [5, 5.41) is 3.34. The zero-order chi connectivity index (χ0) is 10.7. The number of fused-ring (bicyclic) bond motifs is 1. The highest BCUT2D eigenvalue weighted by atomic mass is 16.5. The average molecular weight is 205 g/mol. The number of hydrogen-bond acceptors (Lipinski definition) is 3. The summed E-state index contributed by atoms with van der Waals surface area (Å²) in [6.07, 6.45) is 1.36. The highest BCUT2D eigenvalue weighted by molar-refractivity contribution is 5.69. The highest BCUT2D eigenvalue weighted by Crippen LogP contribution is 2.33. The van der Waals surface area contributed by atoms with E-state index in [0.717, 1.165) is 13.0 Å². The lowest BCUT2D eigenvalue weighted by Crippen LogP contribution is -2.06. The number of nitrogens with one attached hydrogen (secondary N) is 1. The predicted octanol–water partition coefficient (Wildman–Crippen LogP) is 2.15. The number of ether oxygens (including phenoxy) is 1. The van der Waals surface area contributed by atoms with Crippen LogP contribution in [0.15, 0.2) is 24.3 Å². The SMILES string of the molecule is COC(=O)CC[C@@H]1CNc2ccccc21. The van der Waals surface area contributed by atoms with Gasteiger partial charge in [0, 0.05) is 24.6 Å². The van der Waals surface area contributed by atoms with Crippen molar-refractivity contribution in [2.45, 2.75) is 18.8 Å². The number of esters is 1. The van der Waals surface area contributed by atoms with Crippen LogP contribution in [0.1, 0.15) is 24.3 Å². The van der Waals surface area contributed by atoms with Crippen molar-refractivity contribution >= 4 is 11.7 Å². The van der Waals surface area contributed by atoms with Crippen molar-refractivity contribution in [1.29, 1.82) is 0 Å². The fourth-order valence-corrected chi connectivity index (χ4v) is 2.01. The van der Waals surface area contributed by atoms with Crippen LogP contribution in [0.25, 0.3) is 0 Å². The van der Waals surface area contributed by atoms with Gasteiger partial charge in [-0.05, 0) is 18.1 Å². The van der Waals surface area contributed by atoms with E-state index in [1.807, 2.05) is 12.1 Å². The van der Waals surface area contributed by atoms with Gasteiger partial charge in [0.15, 0.2) is 0 Å². The summed E-state index contributed by atoms with van der Waals surface area (Å²) in [6, 6.07) is 8.26. The van der Waals surface area contributed by atoms with Gasteiger partial charge in [-0.15, -0.1) is 0 Å². The Labute approximate surface area is 89.4 Å². The van der Waals surface area contributed by atoms with Gasteiger partial charge in [0.25, 0.3) is 0 Å². The predicted molar refractivity (Wildman–Crippen MR) is 58.9 cm³/mol. The van der Waals surface area contributed by atoms with Crippen molar-refractivity contribution in [1.82, 2.24) is 0 Å². The summed E-state index contributed by atoms with van der Waals surface area (Å²) in [6.45, 7) is 0.927. The summed E-state index contributed by atoms with van der Waals surface area (Å²) >= 11 is 0. The molecule has 3 nitrogen and oxygen atoms in total. The van der Waals surface area contributed by atoms with E-state index in [9.17, 15) is 4.79 Å². The molecule has 3 heteroatoms. The van der Waals surface area contributed by atoms with Gasteiger partial charge in [0.05, 0.1) is 7.11 Å². The molecule has 0 bridgehead atoms. The Balaban J connectivity index is 1.99. The third kappa shape index (κ3) is 2.12. The molecule has 0 saturated heterocycles. The Kier molecular flexibility index (Phi) is 2.90. The molecule has 15 heavy (non-hydrogen) atoms. The zero-order valence-electron chi connectivity index (χ0n) is 8.82. The number of para-hydroxylation sites is 1. The molecule has 0 aromatic heterocycles. The molecule has 0 fully saturated rings. The molecule has 1 aliphatic heterocycles. The van der Waals surface area contributed by atoms with Crippen LogP contribution < -0.4 is 5.32 Å². The summed E-state index contributed by atoms with van der Waals surface area (Å²) < 4.78 is 4.64. The molecule has 1 aromatic carbocycles. The lowest BCUT2D eigenvalue weighted by Gasteiger charge is -2.08. The van der Waals surface area contributed by atoms with E-state index >= 15 is 0 Å². The molecule has 1 aliphatic rings. The maximum atomic E-state index is 11.0. The molecule has 2 rings (SSSR count). The Hall–Kier alpha value is -1.51. The first kappa shape index (κ1) is 10.0. The Morgan fingerprint density at radius 2 is 2.33 bits per heavy atom. The van der Waals surface area contributed by atoms with Gasteiger partial charge >= 0.3 is 5.97 Å². The maximum absolute atomic E-state index is 11.0. The molecule has 1 aromatic rings. The zero-order valence-corrected chi connectivity index (χ0v) is 8.82. The number of rotatable bonds is 3. The molecule has 0 unspecified atom stereocenters. The minimum Gasteiger partial charge on any atom is -0.469 e. The summed E-state index contributed by atoms with van der Waals surface area (Å²) in [5.41, 5.74) is 2.52. The smallest absolute Gasteiger partial charge is 0.305 e. The highest BCUT2D eigenvalue weighted by Gasteiger charge is 2.21. The number of benzene rings is 1. The minimum atomic E-state index is -0.126. The van der Waals surface area contributed by atoms with Crippen molar-refractivity contribution in [2.24, 2.45) is 0 Å². The topological polar surface area (TPSA) is 38.3 Å². The second kappa shape index (κ2) is 4.34. The van der Waals surface area contributed by atoms with Crippen LogP contribution in [-0.2, 0) is 9.53 Å². The molecule has 1 atom stereocenters. The molecular weight excluding hydrogens is 190 g/mol. The van der Waals surface area contributed by atoms with Crippen molar-refractivity contribution in [2.75, 3.05) is 19.0 Å². The van der Waals surface area contributed by atoms with Gasteiger partial charge in [-0.2, -0.15) is 0 Å². The van der Waals surface area contributed by atoms with Gasteiger partial charge in [-0.1, -0.05) is 18.2 Å². The molecule has 0 radical (unpaired) electrons. The minimum absolute atomic E-state index is 0.126. The Morgan fingerprint density at radius 1 is 1.53 bits per heavy atom. The number of carbonyl (C=O) groups excluding carboxylic acids is 1. The van der Waals surface area contributed by atoms with Crippen LogP contribution in [0, 0.1) is 0 Å². The largest absolute Gasteiger partial charge is 0.469 e. The molecule has 0 spiro atoms. The summed E-state index contributed by atoms with van der Waals surface area (Å²) in [5.74, 6) is 0.319. The van der Waals surface area contributed by atoms with Crippen LogP contribution in [0.5, 0.6) is 0 Å². The van der Waals surface area contributed by atoms with E-state index < -0.39 is 0 Å².